The highest BCUT2D eigenvalue weighted by molar-refractivity contribution is 9.10. The summed E-state index contributed by atoms with van der Waals surface area (Å²) in [6, 6.07) is 1.48. The molecule has 0 amide bonds. The second kappa shape index (κ2) is 5.27. The SMILES string of the molecule is Cc1cc(=O)[nH]c(SCc2c(Br)c(C)nn2C)n1. The first-order valence-electron chi connectivity index (χ1n) is 5.36. The zero-order valence-electron chi connectivity index (χ0n) is 10.3. The van der Waals surface area contributed by atoms with Gasteiger partial charge in [0.2, 0.25) is 0 Å². The summed E-state index contributed by atoms with van der Waals surface area (Å²) in [5, 5.41) is 4.95. The minimum atomic E-state index is -0.120. The van der Waals surface area contributed by atoms with Crippen LogP contribution in [0.4, 0.5) is 0 Å². The van der Waals surface area contributed by atoms with Gasteiger partial charge in [0.15, 0.2) is 5.16 Å². The number of halogens is 1. The molecule has 96 valence electrons. The molecule has 2 aromatic heterocycles. The van der Waals surface area contributed by atoms with Crippen LogP contribution in [0, 0.1) is 13.8 Å². The number of hydrogen-bond donors (Lipinski definition) is 1. The molecule has 0 aliphatic heterocycles. The zero-order valence-corrected chi connectivity index (χ0v) is 12.7. The van der Waals surface area contributed by atoms with Gasteiger partial charge in [0, 0.05) is 24.6 Å². The van der Waals surface area contributed by atoms with Gasteiger partial charge in [-0.05, 0) is 29.8 Å². The van der Waals surface area contributed by atoms with E-state index in [9.17, 15) is 4.79 Å². The topological polar surface area (TPSA) is 63.6 Å². The summed E-state index contributed by atoms with van der Waals surface area (Å²) in [6.45, 7) is 3.76. The van der Waals surface area contributed by atoms with Crippen molar-refractivity contribution in [3.63, 3.8) is 0 Å². The van der Waals surface area contributed by atoms with E-state index in [0.29, 0.717) is 10.9 Å². The summed E-state index contributed by atoms with van der Waals surface area (Å²) in [5.74, 6) is 0.699. The van der Waals surface area contributed by atoms with Crippen LogP contribution >= 0.6 is 27.7 Å². The van der Waals surface area contributed by atoms with Crippen LogP contribution in [-0.2, 0) is 12.8 Å². The minimum Gasteiger partial charge on any atom is -0.301 e. The second-order valence-corrected chi connectivity index (χ2v) is 5.71. The number of aromatic amines is 1. The molecule has 0 aromatic carbocycles. The Balaban J connectivity index is 2.18. The summed E-state index contributed by atoms with van der Waals surface area (Å²) in [5.41, 5.74) is 2.63. The number of rotatable bonds is 3. The van der Waals surface area contributed by atoms with E-state index in [1.165, 1.54) is 17.8 Å². The molecule has 0 spiro atoms. The molecule has 7 heteroatoms. The van der Waals surface area contributed by atoms with Crippen molar-refractivity contribution in [3.05, 3.63) is 38.0 Å². The maximum absolute atomic E-state index is 11.3. The second-order valence-electron chi connectivity index (χ2n) is 3.95. The van der Waals surface area contributed by atoms with Crippen molar-refractivity contribution in [2.45, 2.75) is 24.8 Å². The number of nitrogens with one attached hydrogen (secondary N) is 1. The molecule has 0 aliphatic carbocycles. The Morgan fingerprint density at radius 3 is 2.78 bits per heavy atom. The molecule has 18 heavy (non-hydrogen) atoms. The van der Waals surface area contributed by atoms with Gasteiger partial charge in [-0.2, -0.15) is 5.10 Å². The van der Waals surface area contributed by atoms with E-state index in [4.69, 9.17) is 0 Å². The fraction of sp³-hybridized carbons (Fsp3) is 0.364. The number of H-pyrrole nitrogens is 1. The van der Waals surface area contributed by atoms with Gasteiger partial charge in [-0.15, -0.1) is 0 Å². The third-order valence-corrected chi connectivity index (χ3v) is 4.37. The highest BCUT2D eigenvalue weighted by Gasteiger charge is 2.11. The number of nitrogens with zero attached hydrogens (tertiary/aromatic N) is 3. The Morgan fingerprint density at radius 1 is 1.50 bits per heavy atom. The van der Waals surface area contributed by atoms with Gasteiger partial charge in [0.05, 0.1) is 15.9 Å². The van der Waals surface area contributed by atoms with Crippen LogP contribution in [-0.4, -0.2) is 19.7 Å². The van der Waals surface area contributed by atoms with Crippen LogP contribution in [0.15, 0.2) is 20.5 Å². The summed E-state index contributed by atoms with van der Waals surface area (Å²) >= 11 is 5.00. The number of aromatic nitrogens is 4. The minimum absolute atomic E-state index is 0.120. The first-order chi connectivity index (χ1) is 8.47. The Labute approximate surface area is 117 Å². The molecule has 2 heterocycles. The first kappa shape index (κ1) is 13.4. The maximum atomic E-state index is 11.3. The van der Waals surface area contributed by atoms with Gasteiger partial charge in [-0.25, -0.2) is 4.98 Å². The van der Waals surface area contributed by atoms with E-state index in [1.807, 2.05) is 25.6 Å². The monoisotopic (exact) mass is 328 g/mol. The van der Waals surface area contributed by atoms with Crippen molar-refractivity contribution in [2.24, 2.45) is 7.05 Å². The van der Waals surface area contributed by atoms with E-state index in [2.05, 4.69) is 31.0 Å². The van der Waals surface area contributed by atoms with Crippen LogP contribution in [0.1, 0.15) is 17.1 Å². The molecule has 0 atom stereocenters. The number of hydrogen-bond acceptors (Lipinski definition) is 4. The van der Waals surface area contributed by atoms with Gasteiger partial charge in [0.1, 0.15) is 0 Å². The quantitative estimate of drug-likeness (QED) is 0.692. The molecule has 0 radical (unpaired) electrons. The smallest absolute Gasteiger partial charge is 0.251 e. The average molecular weight is 329 g/mol. The summed E-state index contributed by atoms with van der Waals surface area (Å²) in [6.07, 6.45) is 0. The summed E-state index contributed by atoms with van der Waals surface area (Å²) < 4.78 is 2.84. The highest BCUT2D eigenvalue weighted by atomic mass is 79.9. The van der Waals surface area contributed by atoms with E-state index >= 15 is 0 Å². The molecule has 2 aromatic rings. The third-order valence-electron chi connectivity index (χ3n) is 2.46. The fourth-order valence-electron chi connectivity index (χ4n) is 1.59. The normalized spacial score (nSPS) is 10.9. The van der Waals surface area contributed by atoms with Crippen LogP contribution < -0.4 is 5.56 Å². The molecule has 0 unspecified atom stereocenters. The van der Waals surface area contributed by atoms with Gasteiger partial charge in [0.25, 0.3) is 5.56 Å². The molecule has 0 saturated carbocycles. The standard InChI is InChI=1S/C11H13BrN4OS/c1-6-4-9(17)14-11(13-6)18-5-8-10(12)7(2)15-16(8)3/h4H,5H2,1-3H3,(H,13,14,17). The zero-order chi connectivity index (χ0) is 13.3. The van der Waals surface area contributed by atoms with Crippen molar-refractivity contribution in [1.29, 1.82) is 0 Å². The predicted molar refractivity (Wildman–Crippen MR) is 74.8 cm³/mol. The number of thioether (sulfide) groups is 1. The molecule has 0 aliphatic rings. The molecule has 5 nitrogen and oxygen atoms in total. The largest absolute Gasteiger partial charge is 0.301 e. The van der Waals surface area contributed by atoms with E-state index in [1.54, 1.807) is 0 Å². The predicted octanol–water partition coefficient (Wildman–Crippen LogP) is 2.18. The lowest BCUT2D eigenvalue weighted by Crippen LogP contribution is -2.08. The molecular formula is C11H13BrN4OS. The van der Waals surface area contributed by atoms with Gasteiger partial charge < -0.3 is 4.98 Å². The van der Waals surface area contributed by atoms with E-state index in [0.717, 1.165) is 21.6 Å². The van der Waals surface area contributed by atoms with E-state index < -0.39 is 0 Å². The van der Waals surface area contributed by atoms with Crippen molar-refractivity contribution in [2.75, 3.05) is 0 Å². The summed E-state index contributed by atoms with van der Waals surface area (Å²) in [7, 11) is 1.90. The highest BCUT2D eigenvalue weighted by Crippen LogP contribution is 2.26. The fourth-order valence-corrected chi connectivity index (χ4v) is 3.24. The number of aryl methyl sites for hydroxylation is 3. The molecule has 2 rings (SSSR count). The van der Waals surface area contributed by atoms with Gasteiger partial charge >= 0.3 is 0 Å². The Morgan fingerprint density at radius 2 is 2.22 bits per heavy atom. The Hall–Kier alpha value is -1.08. The van der Waals surface area contributed by atoms with E-state index in [-0.39, 0.29) is 5.56 Å². The third kappa shape index (κ3) is 2.84. The van der Waals surface area contributed by atoms with Gasteiger partial charge in [-0.3, -0.25) is 9.48 Å². The van der Waals surface area contributed by atoms with Crippen LogP contribution in [0.25, 0.3) is 0 Å². The molecule has 0 bridgehead atoms. The van der Waals surface area contributed by atoms with Crippen LogP contribution in [0.5, 0.6) is 0 Å². The van der Waals surface area contributed by atoms with Crippen LogP contribution in [0.3, 0.4) is 0 Å². The van der Waals surface area contributed by atoms with Crippen molar-refractivity contribution >= 4 is 27.7 Å². The Bertz CT molecular complexity index is 634. The van der Waals surface area contributed by atoms with Crippen molar-refractivity contribution < 1.29 is 0 Å². The Kier molecular flexibility index (Phi) is 3.91. The lowest BCUT2D eigenvalue weighted by Gasteiger charge is -2.03. The maximum Gasteiger partial charge on any atom is 0.251 e. The molecule has 0 saturated heterocycles. The molecule has 1 N–H and O–H groups in total. The van der Waals surface area contributed by atoms with Crippen molar-refractivity contribution in [3.8, 4) is 0 Å². The lowest BCUT2D eigenvalue weighted by atomic mass is 10.4. The molecular weight excluding hydrogens is 316 g/mol. The lowest BCUT2D eigenvalue weighted by molar-refractivity contribution is 0.726. The van der Waals surface area contributed by atoms with Crippen LogP contribution in [0.2, 0.25) is 0 Å². The first-order valence-corrected chi connectivity index (χ1v) is 7.14. The molecule has 0 fully saturated rings. The summed E-state index contributed by atoms with van der Waals surface area (Å²) in [4.78, 5) is 18.3. The van der Waals surface area contributed by atoms with Crippen molar-refractivity contribution in [1.82, 2.24) is 19.7 Å². The average Bonchev–Trinajstić information content (AvgIpc) is 2.50. The van der Waals surface area contributed by atoms with Gasteiger partial charge in [-0.1, -0.05) is 11.8 Å².